The summed E-state index contributed by atoms with van der Waals surface area (Å²) in [7, 11) is 0. The van der Waals surface area contributed by atoms with Gasteiger partial charge in [-0.1, -0.05) is 23.8 Å². The number of hydrogen-bond acceptors (Lipinski definition) is 5. The Bertz CT molecular complexity index is 488. The molecular weight excluding hydrogens is 270 g/mol. The molecule has 0 unspecified atom stereocenters. The second-order valence-electron chi connectivity index (χ2n) is 4.06. The van der Waals surface area contributed by atoms with Gasteiger partial charge in [-0.15, -0.1) is 0 Å². The predicted octanol–water partition coefficient (Wildman–Crippen LogP) is 0.894. The molecule has 7 heteroatoms. The summed E-state index contributed by atoms with van der Waals surface area (Å²) >= 11 is 5.92. The van der Waals surface area contributed by atoms with E-state index in [-0.39, 0.29) is 18.2 Å². The predicted molar refractivity (Wildman–Crippen MR) is 74.7 cm³/mol. The molecule has 19 heavy (non-hydrogen) atoms. The number of anilines is 1. The molecule has 0 saturated heterocycles. The number of rotatable bonds is 8. The molecule has 0 radical (unpaired) electrons. The molecule has 0 saturated carbocycles. The number of nitrogens with zero attached hydrogens (tertiary/aromatic N) is 2. The minimum atomic E-state index is -0.427. The number of aromatic nitrogens is 2. The van der Waals surface area contributed by atoms with Gasteiger partial charge in [0.25, 0.3) is 5.56 Å². The van der Waals surface area contributed by atoms with Crippen molar-refractivity contribution in [3.8, 4) is 0 Å². The van der Waals surface area contributed by atoms with E-state index < -0.39 is 5.56 Å². The summed E-state index contributed by atoms with van der Waals surface area (Å²) in [6.45, 7) is 7.06. The lowest BCUT2D eigenvalue weighted by atomic mass is 10.4. The molecule has 6 nitrogen and oxygen atoms in total. The lowest BCUT2D eigenvalue weighted by Gasteiger charge is -2.10. The fourth-order valence-electron chi connectivity index (χ4n) is 1.35. The van der Waals surface area contributed by atoms with E-state index in [2.05, 4.69) is 17.0 Å². The lowest BCUT2D eigenvalue weighted by molar-refractivity contribution is 0.167. The molecule has 0 aromatic carbocycles. The first-order chi connectivity index (χ1) is 9.06. The normalized spacial score (nSPS) is 10.5. The molecule has 0 aliphatic heterocycles. The molecule has 1 aromatic rings. The van der Waals surface area contributed by atoms with E-state index >= 15 is 0 Å². The third-order valence-electron chi connectivity index (χ3n) is 2.21. The molecule has 0 aliphatic carbocycles. The van der Waals surface area contributed by atoms with E-state index in [0.29, 0.717) is 25.4 Å². The van der Waals surface area contributed by atoms with Crippen LogP contribution in [0.1, 0.15) is 6.92 Å². The number of ether oxygens (including phenoxy) is 1. The van der Waals surface area contributed by atoms with Gasteiger partial charge < -0.3 is 15.2 Å². The van der Waals surface area contributed by atoms with Crippen LogP contribution in [0.5, 0.6) is 0 Å². The van der Waals surface area contributed by atoms with E-state index in [1.165, 1.54) is 6.20 Å². The summed E-state index contributed by atoms with van der Waals surface area (Å²) < 4.78 is 6.42. The van der Waals surface area contributed by atoms with Gasteiger partial charge in [0.2, 0.25) is 0 Å². The largest absolute Gasteiger partial charge is 0.394 e. The Morgan fingerprint density at radius 2 is 2.42 bits per heavy atom. The third kappa shape index (κ3) is 5.02. The highest BCUT2D eigenvalue weighted by Gasteiger charge is 2.08. The minimum absolute atomic E-state index is 0.0587. The summed E-state index contributed by atoms with van der Waals surface area (Å²) in [4.78, 5) is 11.7. The summed E-state index contributed by atoms with van der Waals surface area (Å²) in [5.74, 6) is 0. The SMILES string of the molecule is C=C(C)COCCNc1cnn(CCO)c(=O)c1Cl. The Morgan fingerprint density at radius 3 is 3.05 bits per heavy atom. The van der Waals surface area contributed by atoms with Gasteiger partial charge in [0, 0.05) is 6.54 Å². The van der Waals surface area contributed by atoms with Crippen LogP contribution in [0, 0.1) is 0 Å². The zero-order chi connectivity index (χ0) is 14.3. The van der Waals surface area contributed by atoms with Crippen molar-refractivity contribution in [3.63, 3.8) is 0 Å². The third-order valence-corrected chi connectivity index (χ3v) is 2.57. The van der Waals surface area contributed by atoms with E-state index in [4.69, 9.17) is 21.4 Å². The number of halogens is 1. The van der Waals surface area contributed by atoms with Gasteiger partial charge in [-0.25, -0.2) is 4.68 Å². The summed E-state index contributed by atoms with van der Waals surface area (Å²) in [5, 5.41) is 15.7. The van der Waals surface area contributed by atoms with Gasteiger partial charge in [0.1, 0.15) is 5.02 Å². The Hall–Kier alpha value is -1.37. The van der Waals surface area contributed by atoms with E-state index in [9.17, 15) is 4.79 Å². The van der Waals surface area contributed by atoms with Crippen molar-refractivity contribution in [2.24, 2.45) is 0 Å². The lowest BCUT2D eigenvalue weighted by Crippen LogP contribution is -2.26. The molecule has 0 bridgehead atoms. The number of nitrogens with one attached hydrogen (secondary N) is 1. The average molecular weight is 288 g/mol. The van der Waals surface area contributed by atoms with Gasteiger partial charge in [0.05, 0.1) is 38.2 Å². The van der Waals surface area contributed by atoms with Crippen molar-refractivity contribution in [1.82, 2.24) is 9.78 Å². The smallest absolute Gasteiger partial charge is 0.287 e. The van der Waals surface area contributed by atoms with Crippen LogP contribution in [-0.2, 0) is 11.3 Å². The van der Waals surface area contributed by atoms with Crippen LogP contribution in [0.3, 0.4) is 0 Å². The summed E-state index contributed by atoms with van der Waals surface area (Å²) in [6.07, 6.45) is 1.46. The van der Waals surface area contributed by atoms with Crippen LogP contribution < -0.4 is 10.9 Å². The van der Waals surface area contributed by atoms with Gasteiger partial charge >= 0.3 is 0 Å². The molecule has 0 aliphatic rings. The first-order valence-corrected chi connectivity index (χ1v) is 6.26. The molecule has 0 spiro atoms. The van der Waals surface area contributed by atoms with Crippen molar-refractivity contribution >= 4 is 17.3 Å². The molecule has 0 atom stereocenters. The average Bonchev–Trinajstić information content (AvgIpc) is 2.37. The van der Waals surface area contributed by atoms with Gasteiger partial charge in [-0.3, -0.25) is 4.79 Å². The zero-order valence-corrected chi connectivity index (χ0v) is 11.6. The first kappa shape index (κ1) is 15.7. The van der Waals surface area contributed by atoms with Crippen LogP contribution in [-0.4, -0.2) is 41.3 Å². The Balaban J connectivity index is 2.53. The Kier molecular flexibility index (Phi) is 6.55. The maximum absolute atomic E-state index is 11.7. The molecule has 1 rings (SSSR count). The van der Waals surface area contributed by atoms with Gasteiger partial charge in [-0.05, 0) is 6.92 Å². The van der Waals surface area contributed by atoms with Crippen molar-refractivity contribution in [3.05, 3.63) is 33.7 Å². The highest BCUT2D eigenvalue weighted by atomic mass is 35.5. The highest BCUT2D eigenvalue weighted by molar-refractivity contribution is 6.32. The fourth-order valence-corrected chi connectivity index (χ4v) is 1.56. The quantitative estimate of drug-likeness (QED) is 0.549. The van der Waals surface area contributed by atoms with E-state index in [1.54, 1.807) is 0 Å². The maximum atomic E-state index is 11.7. The number of hydrogen-bond donors (Lipinski definition) is 2. The Morgan fingerprint density at radius 1 is 1.68 bits per heavy atom. The highest BCUT2D eigenvalue weighted by Crippen LogP contribution is 2.14. The van der Waals surface area contributed by atoms with E-state index in [1.807, 2.05) is 6.92 Å². The standard InChI is InChI=1S/C12H18ClN3O3/c1-9(2)8-19-6-3-14-10-7-15-16(4-5-17)12(18)11(10)13/h7,14,17H,1,3-6,8H2,2H3. The molecule has 106 valence electrons. The van der Waals surface area contributed by atoms with Crippen molar-refractivity contribution in [1.29, 1.82) is 0 Å². The van der Waals surface area contributed by atoms with E-state index in [0.717, 1.165) is 10.3 Å². The molecular formula is C12H18ClN3O3. The van der Waals surface area contributed by atoms with Crippen molar-refractivity contribution < 1.29 is 9.84 Å². The van der Waals surface area contributed by atoms with Crippen LogP contribution in [0.25, 0.3) is 0 Å². The van der Waals surface area contributed by atoms with Gasteiger partial charge in [0.15, 0.2) is 0 Å². The zero-order valence-electron chi connectivity index (χ0n) is 10.9. The minimum Gasteiger partial charge on any atom is -0.394 e. The van der Waals surface area contributed by atoms with Crippen LogP contribution in [0.15, 0.2) is 23.1 Å². The molecule has 2 N–H and O–H groups in total. The summed E-state index contributed by atoms with van der Waals surface area (Å²) in [6, 6.07) is 0. The van der Waals surface area contributed by atoms with Crippen LogP contribution in [0.4, 0.5) is 5.69 Å². The molecule has 0 fully saturated rings. The van der Waals surface area contributed by atoms with Crippen molar-refractivity contribution in [2.75, 3.05) is 31.7 Å². The fraction of sp³-hybridized carbons (Fsp3) is 0.500. The molecule has 0 amide bonds. The van der Waals surface area contributed by atoms with Crippen LogP contribution >= 0.6 is 11.6 Å². The monoisotopic (exact) mass is 287 g/mol. The first-order valence-electron chi connectivity index (χ1n) is 5.88. The molecule has 1 aromatic heterocycles. The summed E-state index contributed by atoms with van der Waals surface area (Å²) in [5.41, 5.74) is 0.981. The topological polar surface area (TPSA) is 76.4 Å². The van der Waals surface area contributed by atoms with Crippen LogP contribution in [0.2, 0.25) is 5.02 Å². The second-order valence-corrected chi connectivity index (χ2v) is 4.44. The van der Waals surface area contributed by atoms with Gasteiger partial charge in [-0.2, -0.15) is 5.10 Å². The van der Waals surface area contributed by atoms with Crippen molar-refractivity contribution in [2.45, 2.75) is 13.5 Å². The Labute approximate surface area is 116 Å². The number of aliphatic hydroxyl groups excluding tert-OH is 1. The maximum Gasteiger partial charge on any atom is 0.287 e. The second kappa shape index (κ2) is 7.93. The number of aliphatic hydroxyl groups is 1. The molecule has 1 heterocycles.